The second-order valence-electron chi connectivity index (χ2n) is 7.08. The van der Waals surface area contributed by atoms with Crippen LogP contribution in [0.2, 0.25) is 0 Å². The molecule has 28 heavy (non-hydrogen) atoms. The number of non-ortho nitro benzene ring substituents is 1. The second-order valence-corrected chi connectivity index (χ2v) is 8.02. The molecule has 150 valence electrons. The molecule has 1 fully saturated rings. The van der Waals surface area contributed by atoms with Crippen molar-refractivity contribution >= 4 is 23.4 Å². The lowest BCUT2D eigenvalue weighted by atomic mass is 9.86. The Morgan fingerprint density at radius 1 is 1.36 bits per heavy atom. The van der Waals surface area contributed by atoms with Crippen LogP contribution in [0.4, 0.5) is 5.69 Å². The predicted molar refractivity (Wildman–Crippen MR) is 108 cm³/mol. The van der Waals surface area contributed by atoms with Gasteiger partial charge in [0.05, 0.1) is 10.7 Å². The van der Waals surface area contributed by atoms with E-state index in [0.717, 1.165) is 12.8 Å². The topological polar surface area (TPSA) is 103 Å². The van der Waals surface area contributed by atoms with Gasteiger partial charge in [-0.2, -0.15) is 0 Å². The van der Waals surface area contributed by atoms with Crippen molar-refractivity contribution in [3.63, 3.8) is 0 Å². The molecule has 0 saturated heterocycles. The molecule has 1 aromatic carbocycles. The van der Waals surface area contributed by atoms with Crippen LogP contribution in [0.1, 0.15) is 39.5 Å². The molecule has 1 saturated carbocycles. The minimum Gasteiger partial charge on any atom is -0.352 e. The number of benzene rings is 1. The molecule has 2 atom stereocenters. The molecule has 0 spiro atoms. The predicted octanol–water partition coefficient (Wildman–Crippen LogP) is 3.66. The molecule has 0 aliphatic heterocycles. The molecule has 2 aromatic rings. The molecule has 1 aromatic heterocycles. The Balaban J connectivity index is 1.67. The van der Waals surface area contributed by atoms with Crippen LogP contribution in [0.3, 0.4) is 0 Å². The van der Waals surface area contributed by atoms with E-state index in [2.05, 4.69) is 22.4 Å². The van der Waals surface area contributed by atoms with Crippen LogP contribution in [-0.4, -0.2) is 37.4 Å². The Kier molecular flexibility index (Phi) is 6.66. The summed E-state index contributed by atoms with van der Waals surface area (Å²) in [5, 5.41) is 23.2. The summed E-state index contributed by atoms with van der Waals surface area (Å²) in [6.45, 7) is 4.75. The normalized spacial score (nSPS) is 19.4. The Morgan fingerprint density at radius 3 is 2.86 bits per heavy atom. The summed E-state index contributed by atoms with van der Waals surface area (Å²) in [7, 11) is 0. The summed E-state index contributed by atoms with van der Waals surface area (Å²) in [5.41, 5.74) is 0.647. The van der Waals surface area contributed by atoms with Gasteiger partial charge in [0.25, 0.3) is 5.69 Å². The number of nitro benzene ring substituents is 1. The van der Waals surface area contributed by atoms with E-state index in [9.17, 15) is 14.9 Å². The highest BCUT2D eigenvalue weighted by Gasteiger charge is 2.23. The van der Waals surface area contributed by atoms with Gasteiger partial charge >= 0.3 is 0 Å². The average molecular weight is 404 g/mol. The van der Waals surface area contributed by atoms with Crippen molar-refractivity contribution in [3.8, 4) is 11.4 Å². The van der Waals surface area contributed by atoms with E-state index < -0.39 is 4.92 Å². The van der Waals surface area contributed by atoms with Gasteiger partial charge in [0.2, 0.25) is 5.91 Å². The fourth-order valence-electron chi connectivity index (χ4n) is 3.56. The van der Waals surface area contributed by atoms with Crippen LogP contribution >= 0.6 is 11.8 Å². The molecule has 1 N–H and O–H groups in total. The molecule has 8 nitrogen and oxygen atoms in total. The van der Waals surface area contributed by atoms with Gasteiger partial charge in [-0.3, -0.25) is 14.9 Å². The molecule has 1 aliphatic rings. The first-order chi connectivity index (χ1) is 13.5. The second kappa shape index (κ2) is 9.18. The standard InChI is InChI=1S/C19H25N5O3S/c1-3-23-18(14-8-6-9-15(11-14)24(26)27)21-22-19(23)28-12-17(25)20-16-10-5-4-7-13(16)2/h6,8-9,11,13,16H,3-5,7,10,12H2,1-2H3,(H,20,25)/t13-,16-/m0/s1. The number of nitro groups is 1. The monoisotopic (exact) mass is 403 g/mol. The van der Waals surface area contributed by atoms with E-state index in [1.54, 1.807) is 12.1 Å². The van der Waals surface area contributed by atoms with Gasteiger partial charge in [0.15, 0.2) is 11.0 Å². The maximum absolute atomic E-state index is 12.4. The number of carbonyl (C=O) groups excluding carboxylic acids is 1. The number of rotatable bonds is 7. The molecular formula is C19H25N5O3S. The first-order valence-electron chi connectivity index (χ1n) is 9.59. The summed E-state index contributed by atoms with van der Waals surface area (Å²) < 4.78 is 1.88. The molecule has 9 heteroatoms. The van der Waals surface area contributed by atoms with Gasteiger partial charge in [0, 0.05) is 30.3 Å². The van der Waals surface area contributed by atoms with Gasteiger partial charge < -0.3 is 9.88 Å². The Labute approximate surface area is 168 Å². The quantitative estimate of drug-likeness (QED) is 0.430. The summed E-state index contributed by atoms with van der Waals surface area (Å²) in [4.78, 5) is 23.0. The van der Waals surface area contributed by atoms with Gasteiger partial charge in [-0.25, -0.2) is 0 Å². The van der Waals surface area contributed by atoms with E-state index >= 15 is 0 Å². The smallest absolute Gasteiger partial charge is 0.270 e. The Hall–Kier alpha value is -2.42. The third kappa shape index (κ3) is 4.70. The van der Waals surface area contributed by atoms with Crippen molar-refractivity contribution in [2.24, 2.45) is 5.92 Å². The number of thioether (sulfide) groups is 1. The number of nitrogens with one attached hydrogen (secondary N) is 1. The van der Waals surface area contributed by atoms with Crippen LogP contribution in [0.25, 0.3) is 11.4 Å². The van der Waals surface area contributed by atoms with E-state index in [4.69, 9.17) is 0 Å². The molecule has 0 unspecified atom stereocenters. The van der Waals surface area contributed by atoms with Crippen molar-refractivity contribution in [1.29, 1.82) is 0 Å². The molecule has 0 bridgehead atoms. The number of hydrogen-bond acceptors (Lipinski definition) is 6. The molecule has 1 aliphatic carbocycles. The molecule has 0 radical (unpaired) electrons. The summed E-state index contributed by atoms with van der Waals surface area (Å²) >= 11 is 1.34. The van der Waals surface area contributed by atoms with Crippen molar-refractivity contribution in [2.75, 3.05) is 5.75 Å². The largest absolute Gasteiger partial charge is 0.352 e. The SMILES string of the molecule is CCn1c(SCC(=O)N[C@H]2CCCC[C@@H]2C)nnc1-c1cccc([N+](=O)[O-])c1. The number of hydrogen-bond donors (Lipinski definition) is 1. The zero-order valence-electron chi connectivity index (χ0n) is 16.1. The highest BCUT2D eigenvalue weighted by atomic mass is 32.2. The van der Waals surface area contributed by atoms with Gasteiger partial charge in [-0.15, -0.1) is 10.2 Å². The Morgan fingerprint density at radius 2 is 2.14 bits per heavy atom. The van der Waals surface area contributed by atoms with Gasteiger partial charge in [-0.05, 0) is 25.7 Å². The van der Waals surface area contributed by atoms with Crippen molar-refractivity contribution in [1.82, 2.24) is 20.1 Å². The van der Waals surface area contributed by atoms with Gasteiger partial charge in [0.1, 0.15) is 0 Å². The number of carbonyl (C=O) groups is 1. The third-order valence-electron chi connectivity index (χ3n) is 5.14. The minimum absolute atomic E-state index is 0.00584. The lowest BCUT2D eigenvalue weighted by molar-refractivity contribution is -0.384. The first kappa shape index (κ1) is 20.3. The van der Waals surface area contributed by atoms with E-state index in [-0.39, 0.29) is 23.4 Å². The van der Waals surface area contributed by atoms with Crippen LogP contribution in [-0.2, 0) is 11.3 Å². The number of amides is 1. The highest BCUT2D eigenvalue weighted by molar-refractivity contribution is 7.99. The summed E-state index contributed by atoms with van der Waals surface area (Å²) in [6, 6.07) is 6.60. The fourth-order valence-corrected chi connectivity index (χ4v) is 4.38. The van der Waals surface area contributed by atoms with Crippen molar-refractivity contribution in [3.05, 3.63) is 34.4 Å². The molecule has 1 amide bonds. The Bertz CT molecular complexity index is 854. The summed E-state index contributed by atoms with van der Waals surface area (Å²) in [5.74, 6) is 1.36. The molecular weight excluding hydrogens is 378 g/mol. The van der Waals surface area contributed by atoms with Crippen LogP contribution < -0.4 is 5.32 Å². The van der Waals surface area contributed by atoms with E-state index in [1.807, 2.05) is 11.5 Å². The minimum atomic E-state index is -0.428. The zero-order chi connectivity index (χ0) is 20.1. The third-order valence-corrected chi connectivity index (χ3v) is 6.11. The van der Waals surface area contributed by atoms with Crippen LogP contribution in [0.5, 0.6) is 0 Å². The van der Waals surface area contributed by atoms with E-state index in [1.165, 1.54) is 36.7 Å². The van der Waals surface area contributed by atoms with Crippen LogP contribution in [0.15, 0.2) is 29.4 Å². The maximum Gasteiger partial charge on any atom is 0.270 e. The lowest BCUT2D eigenvalue weighted by Crippen LogP contribution is -2.41. The fraction of sp³-hybridized carbons (Fsp3) is 0.526. The maximum atomic E-state index is 12.4. The number of aromatic nitrogens is 3. The lowest BCUT2D eigenvalue weighted by Gasteiger charge is -2.29. The molecule has 3 rings (SSSR count). The number of nitrogens with zero attached hydrogens (tertiary/aromatic N) is 4. The first-order valence-corrected chi connectivity index (χ1v) is 10.6. The molecule has 1 heterocycles. The van der Waals surface area contributed by atoms with Crippen molar-refractivity contribution < 1.29 is 9.72 Å². The van der Waals surface area contributed by atoms with Crippen LogP contribution in [0, 0.1) is 16.0 Å². The van der Waals surface area contributed by atoms with E-state index in [0.29, 0.717) is 29.0 Å². The summed E-state index contributed by atoms with van der Waals surface area (Å²) in [6.07, 6.45) is 4.61. The highest BCUT2D eigenvalue weighted by Crippen LogP contribution is 2.27. The zero-order valence-corrected chi connectivity index (χ0v) is 16.9. The van der Waals surface area contributed by atoms with Crippen molar-refractivity contribution in [2.45, 2.75) is 57.3 Å². The average Bonchev–Trinajstić information content (AvgIpc) is 3.11. The van der Waals surface area contributed by atoms with Gasteiger partial charge in [-0.1, -0.05) is 43.7 Å².